The molecule has 0 aromatic heterocycles. The Bertz CT molecular complexity index is 1260. The van der Waals surface area contributed by atoms with Gasteiger partial charge in [0, 0.05) is 12.8 Å². The Morgan fingerprint density at radius 3 is 1.13 bits per heavy atom. The largest absolute Gasteiger partial charge is 0.545 e. The van der Waals surface area contributed by atoms with E-state index in [1.165, 1.54) is 180 Å². The van der Waals surface area contributed by atoms with Crippen LogP contribution < -0.4 is 5.11 Å². The summed E-state index contributed by atoms with van der Waals surface area (Å²) in [5.41, 5.74) is 0. The van der Waals surface area contributed by atoms with E-state index in [9.17, 15) is 19.5 Å². The van der Waals surface area contributed by atoms with Crippen LogP contribution in [0.3, 0.4) is 0 Å². The van der Waals surface area contributed by atoms with Crippen LogP contribution >= 0.6 is 0 Å². The monoisotopic (exact) mass is 1000 g/mol. The van der Waals surface area contributed by atoms with Gasteiger partial charge >= 0.3 is 11.9 Å². The molecule has 9 nitrogen and oxygen atoms in total. The summed E-state index contributed by atoms with van der Waals surface area (Å²) in [4.78, 5) is 37.3. The fourth-order valence-electron chi connectivity index (χ4n) is 8.72. The highest BCUT2D eigenvalue weighted by Gasteiger charge is 2.22. The van der Waals surface area contributed by atoms with Crippen molar-refractivity contribution in [2.45, 2.75) is 296 Å². The minimum absolute atomic E-state index is 0.146. The number of aliphatic carboxylic acids is 1. The molecule has 0 heterocycles. The topological polar surface area (TPSA) is 111 Å². The van der Waals surface area contributed by atoms with Gasteiger partial charge in [-0.05, 0) is 51.4 Å². The maximum Gasteiger partial charge on any atom is 0.306 e. The van der Waals surface area contributed by atoms with Crippen LogP contribution in [0.4, 0.5) is 0 Å². The van der Waals surface area contributed by atoms with Crippen molar-refractivity contribution in [3.63, 3.8) is 0 Å². The molecule has 71 heavy (non-hydrogen) atoms. The highest BCUT2D eigenvalue weighted by Crippen LogP contribution is 2.17. The summed E-state index contributed by atoms with van der Waals surface area (Å²) in [6.45, 7) is 4.76. The van der Waals surface area contributed by atoms with E-state index < -0.39 is 24.3 Å². The average molecular weight is 1000 g/mol. The smallest absolute Gasteiger partial charge is 0.306 e. The lowest BCUT2D eigenvalue weighted by molar-refractivity contribution is -0.870. The van der Waals surface area contributed by atoms with E-state index in [2.05, 4.69) is 50.3 Å². The summed E-state index contributed by atoms with van der Waals surface area (Å²) in [7, 11) is 5.92. The number of carbonyl (C=O) groups excluding carboxylic acids is 3. The fraction of sp³-hybridized carbons (Fsp3) is 0.855. The van der Waals surface area contributed by atoms with E-state index in [-0.39, 0.29) is 32.2 Å². The SMILES string of the molecule is CCCCCCC/C=C\C/C=C\C/C=C\CCCCCCCCC(=O)OC(COC(=O)CCCCCCCCCCCCCCCCCCCCCCCCCCC)COC(OCC[N+](C)(C)C)C(=O)[O-]. The zero-order valence-corrected chi connectivity index (χ0v) is 47.4. The number of esters is 2. The third-order valence-corrected chi connectivity index (χ3v) is 13.4. The Hall–Kier alpha value is -2.49. The summed E-state index contributed by atoms with van der Waals surface area (Å²) in [5.74, 6) is -2.28. The zero-order chi connectivity index (χ0) is 52.0. The molecule has 416 valence electrons. The van der Waals surface area contributed by atoms with Gasteiger partial charge in [0.05, 0.1) is 40.3 Å². The summed E-state index contributed by atoms with van der Waals surface area (Å²) in [6, 6.07) is 0. The Kier molecular flexibility index (Phi) is 51.9. The van der Waals surface area contributed by atoms with Gasteiger partial charge in [0.15, 0.2) is 12.4 Å². The quantitative estimate of drug-likeness (QED) is 0.0195. The highest BCUT2D eigenvalue weighted by molar-refractivity contribution is 5.70. The van der Waals surface area contributed by atoms with Crippen molar-refractivity contribution >= 4 is 17.9 Å². The van der Waals surface area contributed by atoms with Gasteiger partial charge in [0.25, 0.3) is 0 Å². The van der Waals surface area contributed by atoms with Crippen molar-refractivity contribution in [1.29, 1.82) is 0 Å². The van der Waals surface area contributed by atoms with Gasteiger partial charge in [-0.3, -0.25) is 9.59 Å². The summed E-state index contributed by atoms with van der Waals surface area (Å²) >= 11 is 0. The van der Waals surface area contributed by atoms with E-state index in [4.69, 9.17) is 18.9 Å². The second kappa shape index (κ2) is 53.8. The van der Waals surface area contributed by atoms with E-state index in [1.54, 1.807) is 0 Å². The van der Waals surface area contributed by atoms with Gasteiger partial charge in [-0.25, -0.2) is 0 Å². The maximum atomic E-state index is 12.9. The van der Waals surface area contributed by atoms with Crippen LogP contribution in [0.1, 0.15) is 284 Å². The molecule has 0 amide bonds. The van der Waals surface area contributed by atoms with Gasteiger partial charge < -0.3 is 33.3 Å². The highest BCUT2D eigenvalue weighted by atomic mass is 16.7. The summed E-state index contributed by atoms with van der Waals surface area (Å²) in [6.07, 6.45) is 62.0. The first-order chi connectivity index (χ1) is 34.6. The van der Waals surface area contributed by atoms with Crippen molar-refractivity contribution in [3.05, 3.63) is 36.5 Å². The second-order valence-electron chi connectivity index (χ2n) is 21.6. The van der Waals surface area contributed by atoms with E-state index in [0.717, 1.165) is 70.6 Å². The van der Waals surface area contributed by atoms with Crippen LogP contribution in [0, 0.1) is 0 Å². The summed E-state index contributed by atoms with van der Waals surface area (Å²) in [5, 5.41) is 11.8. The number of ether oxygens (including phenoxy) is 4. The lowest BCUT2D eigenvalue weighted by atomic mass is 10.0. The number of rotatable bonds is 56. The Labute approximate surface area is 439 Å². The number of hydrogen-bond donors (Lipinski definition) is 0. The zero-order valence-electron chi connectivity index (χ0n) is 47.4. The van der Waals surface area contributed by atoms with E-state index >= 15 is 0 Å². The predicted molar refractivity (Wildman–Crippen MR) is 297 cm³/mol. The maximum absolute atomic E-state index is 12.9. The molecule has 0 radical (unpaired) electrons. The number of allylic oxidation sites excluding steroid dienone is 6. The first-order valence-electron chi connectivity index (χ1n) is 30.1. The molecule has 0 aliphatic heterocycles. The minimum Gasteiger partial charge on any atom is -0.545 e. The number of unbranched alkanes of at least 4 members (excludes halogenated alkanes) is 35. The van der Waals surface area contributed by atoms with Crippen LogP contribution in [0.25, 0.3) is 0 Å². The first kappa shape index (κ1) is 68.5. The number of carbonyl (C=O) groups is 3. The van der Waals surface area contributed by atoms with Crippen molar-refractivity contribution in [3.8, 4) is 0 Å². The van der Waals surface area contributed by atoms with Crippen molar-refractivity contribution in [2.75, 3.05) is 47.5 Å². The molecule has 9 heteroatoms. The molecule has 0 saturated heterocycles. The first-order valence-corrected chi connectivity index (χ1v) is 30.1. The van der Waals surface area contributed by atoms with Crippen molar-refractivity contribution in [1.82, 2.24) is 0 Å². The van der Waals surface area contributed by atoms with E-state index in [0.29, 0.717) is 23.9 Å². The number of hydrogen-bond acceptors (Lipinski definition) is 8. The third-order valence-electron chi connectivity index (χ3n) is 13.4. The number of nitrogens with zero attached hydrogens (tertiary/aromatic N) is 1. The lowest BCUT2D eigenvalue weighted by Crippen LogP contribution is -2.44. The van der Waals surface area contributed by atoms with Gasteiger partial charge in [-0.1, -0.05) is 256 Å². The molecular weight excluding hydrogens is 887 g/mol. The molecular formula is C62H115NO8. The molecule has 0 aliphatic rings. The normalized spacial score (nSPS) is 13.0. The molecule has 0 aliphatic carbocycles. The number of likely N-dealkylation sites (N-methyl/N-ethyl adjacent to an activating group) is 1. The molecule has 0 fully saturated rings. The Balaban J connectivity index is 4.21. The number of carboxylic acid groups (broad SMARTS) is 1. The van der Waals surface area contributed by atoms with Gasteiger partial charge in [0.2, 0.25) is 0 Å². The molecule has 2 unspecified atom stereocenters. The predicted octanol–water partition coefficient (Wildman–Crippen LogP) is 16.3. The lowest BCUT2D eigenvalue weighted by Gasteiger charge is -2.26. The molecule has 0 N–H and O–H groups in total. The van der Waals surface area contributed by atoms with Crippen molar-refractivity contribution < 1.29 is 42.9 Å². The third kappa shape index (κ3) is 55.1. The number of quaternary nitrogens is 1. The van der Waals surface area contributed by atoms with Crippen molar-refractivity contribution in [2.24, 2.45) is 0 Å². The van der Waals surface area contributed by atoms with Gasteiger partial charge in [0.1, 0.15) is 13.2 Å². The molecule has 0 spiro atoms. The van der Waals surface area contributed by atoms with Gasteiger partial charge in [-0.15, -0.1) is 0 Å². The minimum atomic E-state index is -1.62. The van der Waals surface area contributed by atoms with E-state index in [1.807, 2.05) is 21.1 Å². The molecule has 0 aromatic rings. The number of carboxylic acids is 1. The average Bonchev–Trinajstić information content (AvgIpc) is 3.34. The molecule has 0 bridgehead atoms. The second-order valence-corrected chi connectivity index (χ2v) is 21.6. The van der Waals surface area contributed by atoms with Crippen LogP contribution in [0.2, 0.25) is 0 Å². The molecule has 2 atom stereocenters. The van der Waals surface area contributed by atoms with Gasteiger partial charge in [-0.2, -0.15) is 0 Å². The Morgan fingerprint density at radius 2 is 0.761 bits per heavy atom. The fourth-order valence-corrected chi connectivity index (χ4v) is 8.72. The molecule has 0 aromatic carbocycles. The van der Waals surface area contributed by atoms with Crippen LogP contribution in [-0.2, 0) is 33.3 Å². The molecule has 0 saturated carbocycles. The molecule has 0 rings (SSSR count). The van der Waals surface area contributed by atoms with Crippen LogP contribution in [0.5, 0.6) is 0 Å². The standard InChI is InChI=1S/C62H115NO8/c1-6-8-10-12-14-16-18-20-22-24-26-28-29-30-31-33-34-36-38-40-42-44-46-48-50-52-59(64)69-56-58(57-70-62(61(66)67)68-55-54-63(3,4)5)71-60(65)53-51-49-47-45-43-41-39-37-35-32-27-25-23-21-19-17-15-13-11-9-7-2/h19,21,25,27,35,37,58,62H,6-18,20,22-24,26,28-34,36,38-57H2,1-5H3/b21-19-,27-25-,37-35-. The van der Waals surface area contributed by atoms with Crippen LogP contribution in [0.15, 0.2) is 36.5 Å². The summed E-state index contributed by atoms with van der Waals surface area (Å²) < 4.78 is 22.7. The van der Waals surface area contributed by atoms with Crippen LogP contribution in [-0.4, -0.2) is 82.3 Å². The Morgan fingerprint density at radius 1 is 0.423 bits per heavy atom.